The van der Waals surface area contributed by atoms with E-state index < -0.39 is 6.04 Å². The van der Waals surface area contributed by atoms with Gasteiger partial charge in [0.1, 0.15) is 6.04 Å². The minimum Gasteiger partial charge on any atom is -0.468 e. The van der Waals surface area contributed by atoms with Crippen LogP contribution in [0, 0.1) is 6.92 Å². The maximum atomic E-state index is 12.2. The number of rotatable bonds is 9. The molecule has 2 N–H and O–H groups in total. The van der Waals surface area contributed by atoms with Crippen LogP contribution in [-0.2, 0) is 16.1 Å². The molecule has 0 saturated heterocycles. The number of hydrogen-bond acceptors (Lipinski definition) is 5. The molecule has 0 saturated carbocycles. The molecule has 0 aliphatic heterocycles. The number of aliphatic hydroxyl groups excluding tert-OH is 1. The number of nitrogens with one attached hydrogen (secondary N) is 1. The Kier molecular flexibility index (Phi) is 8.61. The fraction of sp³-hybridized carbons (Fsp3) is 0.588. The Labute approximate surface area is 151 Å². The highest BCUT2D eigenvalue weighted by Crippen LogP contribution is 2.30. The Morgan fingerprint density at radius 1 is 1.48 bits per heavy atom. The van der Waals surface area contributed by atoms with Gasteiger partial charge in [0.2, 0.25) is 0 Å². The summed E-state index contributed by atoms with van der Waals surface area (Å²) in [6, 6.07) is 5.69. The lowest BCUT2D eigenvalue weighted by molar-refractivity contribution is -0.143. The molecule has 0 radical (unpaired) electrons. The van der Waals surface area contributed by atoms with Crippen molar-refractivity contribution in [1.82, 2.24) is 5.32 Å². The number of halogens is 1. The van der Waals surface area contributed by atoms with Crippen LogP contribution >= 0.6 is 27.7 Å². The predicted octanol–water partition coefficient (Wildman–Crippen LogP) is 3.28. The van der Waals surface area contributed by atoms with E-state index in [1.54, 1.807) is 11.8 Å². The third-order valence-electron chi connectivity index (χ3n) is 3.71. The van der Waals surface area contributed by atoms with E-state index in [1.807, 2.05) is 26.0 Å². The summed E-state index contributed by atoms with van der Waals surface area (Å²) in [6.45, 7) is 6.87. The van der Waals surface area contributed by atoms with Crippen LogP contribution in [0.2, 0.25) is 0 Å². The minimum atomic E-state index is -0.417. The number of esters is 1. The molecule has 6 heteroatoms. The molecule has 0 aliphatic carbocycles. The monoisotopic (exact) mass is 403 g/mol. The zero-order chi connectivity index (χ0) is 17.5. The number of carbonyl (C=O) groups is 1. The number of aliphatic hydroxyl groups is 1. The molecule has 0 unspecified atom stereocenters. The molecule has 1 aromatic rings. The first-order valence-corrected chi connectivity index (χ1v) is 9.40. The van der Waals surface area contributed by atoms with Gasteiger partial charge in [-0.2, -0.15) is 11.8 Å². The van der Waals surface area contributed by atoms with Gasteiger partial charge in [-0.05, 0) is 56.2 Å². The van der Waals surface area contributed by atoms with E-state index in [1.165, 1.54) is 12.7 Å². The molecule has 0 amide bonds. The van der Waals surface area contributed by atoms with Crippen molar-refractivity contribution in [3.8, 4) is 0 Å². The van der Waals surface area contributed by atoms with E-state index in [0.29, 0.717) is 13.0 Å². The molecule has 0 fully saturated rings. The molecule has 0 spiro atoms. The SMILES string of the molecule is COC(=O)[C@H](NCc1ccc(Br)cc1C)C(C)(C)SCCCO. The van der Waals surface area contributed by atoms with E-state index in [4.69, 9.17) is 9.84 Å². The van der Waals surface area contributed by atoms with Crippen molar-refractivity contribution in [3.63, 3.8) is 0 Å². The lowest BCUT2D eigenvalue weighted by Gasteiger charge is -2.32. The molecular weight excluding hydrogens is 378 g/mol. The van der Waals surface area contributed by atoms with E-state index >= 15 is 0 Å². The van der Waals surface area contributed by atoms with Gasteiger partial charge in [0.05, 0.1) is 7.11 Å². The fourth-order valence-corrected chi connectivity index (χ4v) is 3.90. The van der Waals surface area contributed by atoms with Crippen LogP contribution in [0.4, 0.5) is 0 Å². The second-order valence-electron chi connectivity index (χ2n) is 5.94. The first kappa shape index (κ1) is 20.5. The zero-order valence-corrected chi connectivity index (χ0v) is 16.6. The van der Waals surface area contributed by atoms with Gasteiger partial charge in [-0.1, -0.05) is 22.0 Å². The third kappa shape index (κ3) is 6.45. The Bertz CT molecular complexity index is 523. The van der Waals surface area contributed by atoms with Gasteiger partial charge in [-0.3, -0.25) is 10.1 Å². The van der Waals surface area contributed by atoms with Crippen molar-refractivity contribution in [2.45, 2.75) is 44.5 Å². The molecule has 23 heavy (non-hydrogen) atoms. The Morgan fingerprint density at radius 2 is 2.17 bits per heavy atom. The second kappa shape index (κ2) is 9.67. The van der Waals surface area contributed by atoms with Crippen LogP contribution in [0.1, 0.15) is 31.4 Å². The number of carbonyl (C=O) groups excluding carboxylic acids is 1. The molecule has 1 atom stereocenters. The maximum Gasteiger partial charge on any atom is 0.324 e. The van der Waals surface area contributed by atoms with Crippen molar-refractivity contribution in [2.24, 2.45) is 0 Å². The molecule has 130 valence electrons. The molecule has 1 aromatic carbocycles. The molecule has 1 rings (SSSR count). The summed E-state index contributed by atoms with van der Waals surface area (Å²) < 4.78 is 5.69. The van der Waals surface area contributed by atoms with Gasteiger partial charge >= 0.3 is 5.97 Å². The smallest absolute Gasteiger partial charge is 0.324 e. The van der Waals surface area contributed by atoms with Crippen LogP contribution in [0.3, 0.4) is 0 Å². The highest BCUT2D eigenvalue weighted by atomic mass is 79.9. The summed E-state index contributed by atoms with van der Waals surface area (Å²) in [5.74, 6) is 0.539. The van der Waals surface area contributed by atoms with Crippen molar-refractivity contribution < 1.29 is 14.6 Å². The van der Waals surface area contributed by atoms with Crippen LogP contribution in [0.5, 0.6) is 0 Å². The normalized spacial score (nSPS) is 13.0. The van der Waals surface area contributed by atoms with Crippen LogP contribution < -0.4 is 5.32 Å². The zero-order valence-electron chi connectivity index (χ0n) is 14.2. The van der Waals surface area contributed by atoms with E-state index in [-0.39, 0.29) is 17.3 Å². The lowest BCUT2D eigenvalue weighted by Crippen LogP contribution is -2.50. The Hall–Kier alpha value is -0.560. The van der Waals surface area contributed by atoms with Crippen LogP contribution in [-0.4, -0.2) is 41.3 Å². The molecule has 0 heterocycles. The number of aryl methyl sites for hydroxylation is 1. The first-order valence-electron chi connectivity index (χ1n) is 7.63. The van der Waals surface area contributed by atoms with Gasteiger partial charge in [-0.25, -0.2) is 0 Å². The van der Waals surface area contributed by atoms with Gasteiger partial charge in [-0.15, -0.1) is 0 Å². The first-order chi connectivity index (χ1) is 10.8. The van der Waals surface area contributed by atoms with Crippen LogP contribution in [0.15, 0.2) is 22.7 Å². The lowest BCUT2D eigenvalue weighted by atomic mass is 10.0. The predicted molar refractivity (Wildman–Crippen MR) is 99.8 cm³/mol. The molecule has 0 aromatic heterocycles. The standard InChI is InChI=1S/C17H26BrNO3S/c1-12-10-14(18)7-6-13(12)11-19-15(16(21)22-4)17(2,3)23-9-5-8-20/h6-7,10,15,19-20H,5,8-9,11H2,1-4H3/t15-/m0/s1. The van der Waals surface area contributed by atoms with Gasteiger partial charge in [0.15, 0.2) is 0 Å². The summed E-state index contributed by atoms with van der Waals surface area (Å²) in [4.78, 5) is 12.2. The van der Waals surface area contributed by atoms with Crippen LogP contribution in [0.25, 0.3) is 0 Å². The quantitative estimate of drug-likeness (QED) is 0.489. The van der Waals surface area contributed by atoms with Crippen molar-refractivity contribution in [1.29, 1.82) is 0 Å². The van der Waals surface area contributed by atoms with E-state index in [9.17, 15) is 4.79 Å². The number of methoxy groups -OCH3 is 1. The van der Waals surface area contributed by atoms with Crippen molar-refractivity contribution >= 4 is 33.7 Å². The Balaban J connectivity index is 2.80. The molecule has 0 aliphatic rings. The van der Waals surface area contributed by atoms with E-state index in [0.717, 1.165) is 15.8 Å². The number of benzene rings is 1. The highest BCUT2D eigenvalue weighted by molar-refractivity contribution is 9.10. The maximum absolute atomic E-state index is 12.2. The highest BCUT2D eigenvalue weighted by Gasteiger charge is 2.36. The topological polar surface area (TPSA) is 58.6 Å². The largest absolute Gasteiger partial charge is 0.468 e. The molecule has 0 bridgehead atoms. The summed E-state index contributed by atoms with van der Waals surface area (Å²) in [7, 11) is 1.41. The van der Waals surface area contributed by atoms with Crippen molar-refractivity contribution in [2.75, 3.05) is 19.5 Å². The fourth-order valence-electron chi connectivity index (χ4n) is 2.28. The minimum absolute atomic E-state index is 0.164. The second-order valence-corrected chi connectivity index (χ2v) is 8.60. The average molecular weight is 404 g/mol. The van der Waals surface area contributed by atoms with E-state index in [2.05, 4.69) is 34.2 Å². The number of ether oxygens (including phenoxy) is 1. The Morgan fingerprint density at radius 3 is 2.74 bits per heavy atom. The average Bonchev–Trinajstić information content (AvgIpc) is 2.49. The summed E-state index contributed by atoms with van der Waals surface area (Å²) >= 11 is 5.13. The van der Waals surface area contributed by atoms with Gasteiger partial charge < -0.3 is 9.84 Å². The molecule has 4 nitrogen and oxygen atoms in total. The summed E-state index contributed by atoms with van der Waals surface area (Å²) in [5.41, 5.74) is 2.32. The van der Waals surface area contributed by atoms with Crippen molar-refractivity contribution in [3.05, 3.63) is 33.8 Å². The summed E-state index contributed by atoms with van der Waals surface area (Å²) in [6.07, 6.45) is 0.716. The van der Waals surface area contributed by atoms with Gasteiger partial charge in [0, 0.05) is 22.4 Å². The summed E-state index contributed by atoms with van der Waals surface area (Å²) in [5, 5.41) is 12.3. The number of hydrogen-bond donors (Lipinski definition) is 2. The van der Waals surface area contributed by atoms with Gasteiger partial charge in [0.25, 0.3) is 0 Å². The molecular formula is C17H26BrNO3S. The number of thioether (sulfide) groups is 1. The third-order valence-corrected chi connectivity index (χ3v) is 5.68.